The first-order chi connectivity index (χ1) is 3.56. The van der Waals surface area contributed by atoms with Crippen LogP contribution in [0.2, 0.25) is 0 Å². The largest absolute Gasteiger partial charge is 0.392 e. The van der Waals surface area contributed by atoms with Crippen LogP contribution in [0.1, 0.15) is 0 Å². The van der Waals surface area contributed by atoms with Crippen LogP contribution in [0.5, 0.6) is 0 Å². The summed E-state index contributed by atoms with van der Waals surface area (Å²) in [6.45, 7) is -0.342. The molecule has 0 aliphatic rings. The summed E-state index contributed by atoms with van der Waals surface area (Å²) < 4.78 is 9.89. The molecule has 0 aromatic heterocycles. The predicted octanol–water partition coefficient (Wildman–Crippen LogP) is -0.330. The molecular formula is C3H7O4P. The first kappa shape index (κ1) is 7.85. The Kier molecular flexibility index (Phi) is 2.94. The Morgan fingerprint density at radius 1 is 1.50 bits per heavy atom. The van der Waals surface area contributed by atoms with E-state index in [0.29, 0.717) is 5.82 Å². The molecule has 48 valence electrons. The van der Waals surface area contributed by atoms with Gasteiger partial charge in [-0.3, -0.25) is 4.57 Å². The van der Waals surface area contributed by atoms with E-state index >= 15 is 0 Å². The molecular weight excluding hydrogens is 131 g/mol. The molecule has 0 bridgehead atoms. The summed E-state index contributed by atoms with van der Waals surface area (Å²) in [6, 6.07) is 0. The fourth-order valence-corrected chi connectivity index (χ4v) is 0.553. The van der Waals surface area contributed by atoms with E-state index < -0.39 is 7.60 Å². The van der Waals surface area contributed by atoms with Gasteiger partial charge in [-0.2, -0.15) is 0 Å². The van der Waals surface area contributed by atoms with E-state index in [-0.39, 0.29) is 6.61 Å². The lowest BCUT2D eigenvalue weighted by atomic mass is 10.7. The highest BCUT2D eigenvalue weighted by atomic mass is 31.2. The van der Waals surface area contributed by atoms with E-state index in [2.05, 4.69) is 0 Å². The van der Waals surface area contributed by atoms with Crippen molar-refractivity contribution in [3.05, 3.63) is 11.9 Å². The summed E-state index contributed by atoms with van der Waals surface area (Å²) in [5, 5.41) is 8.00. The SMILES string of the molecule is O=P(O)(O)/C=C/CO. The number of aliphatic hydroxyl groups excluding tert-OH is 1. The van der Waals surface area contributed by atoms with Crippen molar-refractivity contribution in [2.45, 2.75) is 0 Å². The van der Waals surface area contributed by atoms with Crippen LogP contribution < -0.4 is 0 Å². The molecule has 4 nitrogen and oxygen atoms in total. The summed E-state index contributed by atoms with van der Waals surface area (Å²) in [5.41, 5.74) is 0. The van der Waals surface area contributed by atoms with Crippen molar-refractivity contribution in [2.75, 3.05) is 6.61 Å². The maximum absolute atomic E-state index is 9.89. The molecule has 0 atom stereocenters. The Morgan fingerprint density at radius 3 is 2.12 bits per heavy atom. The minimum atomic E-state index is -4.02. The van der Waals surface area contributed by atoms with Crippen LogP contribution in [-0.2, 0) is 4.57 Å². The fourth-order valence-electron chi connectivity index (χ4n) is 0.184. The van der Waals surface area contributed by atoms with Gasteiger partial charge in [0.1, 0.15) is 0 Å². The summed E-state index contributed by atoms with van der Waals surface area (Å²) >= 11 is 0. The van der Waals surface area contributed by atoms with Crippen molar-refractivity contribution >= 4 is 7.60 Å². The minimum Gasteiger partial charge on any atom is -0.392 e. The zero-order chi connectivity index (χ0) is 6.62. The monoisotopic (exact) mass is 138 g/mol. The minimum absolute atomic E-state index is 0.342. The summed E-state index contributed by atoms with van der Waals surface area (Å²) in [6.07, 6.45) is 1.00. The molecule has 0 aromatic rings. The van der Waals surface area contributed by atoms with Gasteiger partial charge in [0.15, 0.2) is 0 Å². The highest BCUT2D eigenvalue weighted by molar-refractivity contribution is 7.55. The number of hydrogen-bond acceptors (Lipinski definition) is 2. The van der Waals surface area contributed by atoms with E-state index in [1.807, 2.05) is 0 Å². The Bertz CT molecular complexity index is 123. The third kappa shape index (κ3) is 5.85. The molecule has 0 fully saturated rings. The quantitative estimate of drug-likeness (QED) is 0.456. The molecule has 8 heavy (non-hydrogen) atoms. The molecule has 0 heterocycles. The first-order valence-corrected chi connectivity index (χ1v) is 3.58. The molecule has 0 amide bonds. The number of rotatable bonds is 2. The molecule has 0 unspecified atom stereocenters. The topological polar surface area (TPSA) is 77.8 Å². The smallest absolute Gasteiger partial charge is 0.348 e. The normalized spacial score (nSPS) is 12.9. The predicted molar refractivity (Wildman–Crippen MR) is 28.3 cm³/mol. The standard InChI is InChI=1S/C3H7O4P/c4-2-1-3-8(5,6)7/h1,3-4H,2H2,(H2,5,6,7)/b3-1+. The van der Waals surface area contributed by atoms with E-state index in [1.165, 1.54) is 0 Å². The highest BCUT2D eigenvalue weighted by Gasteiger charge is 2.03. The molecule has 0 aliphatic heterocycles. The zero-order valence-electron chi connectivity index (χ0n) is 4.06. The van der Waals surface area contributed by atoms with Crippen LogP contribution in [0.25, 0.3) is 0 Å². The second-order valence-electron chi connectivity index (χ2n) is 1.16. The van der Waals surface area contributed by atoms with Gasteiger partial charge in [-0.25, -0.2) is 0 Å². The van der Waals surface area contributed by atoms with Gasteiger partial charge in [0.2, 0.25) is 0 Å². The van der Waals surface area contributed by atoms with Crippen LogP contribution >= 0.6 is 7.60 Å². The van der Waals surface area contributed by atoms with Crippen molar-refractivity contribution in [1.82, 2.24) is 0 Å². The molecule has 0 saturated heterocycles. The van der Waals surface area contributed by atoms with Crippen molar-refractivity contribution in [3.8, 4) is 0 Å². The third-order valence-corrected chi connectivity index (χ3v) is 1.00. The highest BCUT2D eigenvalue weighted by Crippen LogP contribution is 2.35. The Balaban J connectivity index is 3.71. The maximum Gasteiger partial charge on any atom is 0.348 e. The van der Waals surface area contributed by atoms with Crippen LogP contribution in [0.4, 0.5) is 0 Å². The summed E-state index contributed by atoms with van der Waals surface area (Å²) in [5.74, 6) is 0.660. The number of aliphatic hydroxyl groups is 1. The maximum atomic E-state index is 9.89. The van der Waals surface area contributed by atoms with Crippen molar-refractivity contribution in [2.24, 2.45) is 0 Å². The lowest BCUT2D eigenvalue weighted by molar-refractivity contribution is 0.341. The number of hydrogen-bond donors (Lipinski definition) is 3. The lowest BCUT2D eigenvalue weighted by Crippen LogP contribution is -1.72. The molecule has 3 N–H and O–H groups in total. The molecule has 0 aliphatic carbocycles. The van der Waals surface area contributed by atoms with Crippen LogP contribution in [0.3, 0.4) is 0 Å². The van der Waals surface area contributed by atoms with E-state index in [1.54, 1.807) is 0 Å². The molecule has 0 spiro atoms. The zero-order valence-corrected chi connectivity index (χ0v) is 4.95. The van der Waals surface area contributed by atoms with E-state index in [9.17, 15) is 4.57 Å². The fraction of sp³-hybridized carbons (Fsp3) is 0.333. The molecule has 5 heteroatoms. The average Bonchev–Trinajstić information content (AvgIpc) is 1.59. The lowest BCUT2D eigenvalue weighted by Gasteiger charge is -1.90. The Hall–Kier alpha value is -0.150. The van der Waals surface area contributed by atoms with Gasteiger partial charge in [0, 0.05) is 5.82 Å². The third-order valence-electron chi connectivity index (χ3n) is 0.405. The van der Waals surface area contributed by atoms with Crippen molar-refractivity contribution < 1.29 is 19.5 Å². The van der Waals surface area contributed by atoms with Crippen molar-refractivity contribution in [3.63, 3.8) is 0 Å². The van der Waals surface area contributed by atoms with Crippen molar-refractivity contribution in [1.29, 1.82) is 0 Å². The van der Waals surface area contributed by atoms with Gasteiger partial charge < -0.3 is 14.9 Å². The molecule has 0 saturated carbocycles. The van der Waals surface area contributed by atoms with Gasteiger partial charge in [0.25, 0.3) is 0 Å². The molecule has 0 radical (unpaired) electrons. The Morgan fingerprint density at radius 2 is 2.00 bits per heavy atom. The van der Waals surface area contributed by atoms with Gasteiger partial charge in [-0.1, -0.05) is 6.08 Å². The van der Waals surface area contributed by atoms with Crippen LogP contribution in [0, 0.1) is 0 Å². The van der Waals surface area contributed by atoms with Gasteiger partial charge in [-0.05, 0) is 0 Å². The van der Waals surface area contributed by atoms with Crippen LogP contribution in [0.15, 0.2) is 11.9 Å². The second-order valence-corrected chi connectivity index (χ2v) is 2.63. The van der Waals surface area contributed by atoms with Gasteiger partial charge in [-0.15, -0.1) is 0 Å². The van der Waals surface area contributed by atoms with Gasteiger partial charge >= 0.3 is 7.60 Å². The first-order valence-electron chi connectivity index (χ1n) is 1.90. The second kappa shape index (κ2) is 2.99. The van der Waals surface area contributed by atoms with Gasteiger partial charge in [0.05, 0.1) is 6.61 Å². The Labute approximate surface area is 46.6 Å². The summed E-state index contributed by atoms with van der Waals surface area (Å²) in [4.78, 5) is 16.1. The van der Waals surface area contributed by atoms with Crippen LogP contribution in [-0.4, -0.2) is 21.5 Å². The molecule has 0 aromatic carbocycles. The van der Waals surface area contributed by atoms with E-state index in [4.69, 9.17) is 14.9 Å². The van der Waals surface area contributed by atoms with E-state index in [0.717, 1.165) is 6.08 Å². The summed E-state index contributed by atoms with van der Waals surface area (Å²) in [7, 11) is -4.02. The average molecular weight is 138 g/mol. The molecule has 0 rings (SSSR count).